The van der Waals surface area contributed by atoms with Crippen molar-refractivity contribution in [3.8, 4) is 0 Å². The summed E-state index contributed by atoms with van der Waals surface area (Å²) >= 11 is 0. The highest BCUT2D eigenvalue weighted by Crippen LogP contribution is 2.03. The van der Waals surface area contributed by atoms with Gasteiger partial charge in [-0.1, -0.05) is 0 Å². The summed E-state index contributed by atoms with van der Waals surface area (Å²) < 4.78 is 6.77. The fourth-order valence-electron chi connectivity index (χ4n) is 1.83. The Kier molecular flexibility index (Phi) is 4.37. The Morgan fingerprint density at radius 3 is 2.76 bits per heavy atom. The Labute approximate surface area is 122 Å². The molecule has 2 aromatic rings. The summed E-state index contributed by atoms with van der Waals surface area (Å²) in [6.45, 7) is 5.56. The number of hydrazone groups is 1. The monoisotopic (exact) mass is 287 g/mol. The van der Waals surface area contributed by atoms with Gasteiger partial charge in [-0.15, -0.1) is 0 Å². The molecule has 2 aromatic heterocycles. The molecule has 2 heterocycles. The highest BCUT2D eigenvalue weighted by molar-refractivity contribution is 5.94. The van der Waals surface area contributed by atoms with Gasteiger partial charge in [0.2, 0.25) is 0 Å². The minimum atomic E-state index is -0.547. The maximum absolute atomic E-state index is 12.1. The largest absolute Gasteiger partial charge is 0.460 e. The van der Waals surface area contributed by atoms with Crippen molar-refractivity contribution in [3.05, 3.63) is 57.9 Å². The molecule has 0 unspecified atom stereocenters. The fourth-order valence-corrected chi connectivity index (χ4v) is 1.83. The predicted molar refractivity (Wildman–Crippen MR) is 79.6 cm³/mol. The van der Waals surface area contributed by atoms with Crippen LogP contribution in [-0.4, -0.2) is 16.7 Å². The zero-order valence-electron chi connectivity index (χ0n) is 12.2. The number of nitrogens with one attached hydrogen (secondary N) is 1. The van der Waals surface area contributed by atoms with Crippen molar-refractivity contribution in [2.24, 2.45) is 5.10 Å². The first-order valence-corrected chi connectivity index (χ1v) is 6.60. The van der Waals surface area contributed by atoms with E-state index >= 15 is 0 Å². The molecule has 0 saturated heterocycles. The first-order valence-electron chi connectivity index (χ1n) is 6.60. The third-order valence-corrected chi connectivity index (χ3v) is 2.89. The van der Waals surface area contributed by atoms with Crippen molar-refractivity contribution in [3.63, 3.8) is 0 Å². The molecule has 0 radical (unpaired) electrons. The molecule has 1 amide bonds. The SMILES string of the molecule is Cc1ccc(/C=N\NC(=O)c2cccn(C(C)C)c2=O)o1. The molecule has 0 aliphatic rings. The van der Waals surface area contributed by atoms with Gasteiger partial charge in [-0.2, -0.15) is 5.10 Å². The average molecular weight is 287 g/mol. The van der Waals surface area contributed by atoms with Crippen LogP contribution in [0.1, 0.15) is 41.8 Å². The van der Waals surface area contributed by atoms with Crippen LogP contribution >= 0.6 is 0 Å². The molecule has 21 heavy (non-hydrogen) atoms. The summed E-state index contributed by atoms with van der Waals surface area (Å²) in [5, 5.41) is 3.78. The normalized spacial score (nSPS) is 11.2. The molecular weight excluding hydrogens is 270 g/mol. The van der Waals surface area contributed by atoms with Crippen LogP contribution in [0, 0.1) is 6.92 Å². The second-order valence-corrected chi connectivity index (χ2v) is 4.88. The lowest BCUT2D eigenvalue weighted by Crippen LogP contribution is -2.31. The van der Waals surface area contributed by atoms with Crippen LogP contribution in [0.15, 0.2) is 44.8 Å². The molecule has 0 spiro atoms. The average Bonchev–Trinajstić information content (AvgIpc) is 2.84. The number of pyridine rings is 1. The van der Waals surface area contributed by atoms with E-state index in [9.17, 15) is 9.59 Å². The summed E-state index contributed by atoms with van der Waals surface area (Å²) in [6, 6.07) is 6.65. The van der Waals surface area contributed by atoms with E-state index < -0.39 is 5.91 Å². The highest BCUT2D eigenvalue weighted by Gasteiger charge is 2.12. The minimum Gasteiger partial charge on any atom is -0.460 e. The zero-order valence-corrected chi connectivity index (χ0v) is 12.2. The lowest BCUT2D eigenvalue weighted by molar-refractivity contribution is 0.0953. The summed E-state index contributed by atoms with van der Waals surface area (Å²) in [6.07, 6.45) is 3.04. The molecule has 0 bridgehead atoms. The molecule has 1 N–H and O–H groups in total. The Morgan fingerprint density at radius 2 is 2.14 bits per heavy atom. The van der Waals surface area contributed by atoms with E-state index in [1.54, 1.807) is 24.4 Å². The Balaban J connectivity index is 2.12. The Bertz CT molecular complexity index is 726. The first kappa shape index (κ1) is 14.8. The van der Waals surface area contributed by atoms with Crippen LogP contribution in [-0.2, 0) is 0 Å². The number of rotatable bonds is 4. The van der Waals surface area contributed by atoms with Crippen molar-refractivity contribution in [1.82, 2.24) is 9.99 Å². The van der Waals surface area contributed by atoms with Crippen LogP contribution in [0.25, 0.3) is 0 Å². The van der Waals surface area contributed by atoms with E-state index in [0.717, 1.165) is 5.76 Å². The van der Waals surface area contributed by atoms with Crippen LogP contribution in [0.5, 0.6) is 0 Å². The molecule has 0 atom stereocenters. The summed E-state index contributed by atoms with van der Waals surface area (Å²) in [5.74, 6) is 0.737. The van der Waals surface area contributed by atoms with Gasteiger partial charge < -0.3 is 8.98 Å². The predicted octanol–water partition coefficient (Wildman–Crippen LogP) is 2.09. The van der Waals surface area contributed by atoms with E-state index in [2.05, 4.69) is 10.5 Å². The maximum atomic E-state index is 12.1. The van der Waals surface area contributed by atoms with Gasteiger partial charge in [0.15, 0.2) is 0 Å². The number of carbonyl (C=O) groups excluding carboxylic acids is 1. The molecule has 0 aliphatic heterocycles. The second-order valence-electron chi connectivity index (χ2n) is 4.88. The Hall–Kier alpha value is -2.63. The molecule has 2 rings (SSSR count). The first-order chi connectivity index (χ1) is 9.99. The number of nitrogens with zero attached hydrogens (tertiary/aromatic N) is 2. The minimum absolute atomic E-state index is 0.0140. The molecule has 0 aromatic carbocycles. The molecular formula is C15H17N3O3. The van der Waals surface area contributed by atoms with Crippen LogP contribution in [0.4, 0.5) is 0 Å². The summed E-state index contributed by atoms with van der Waals surface area (Å²) in [4.78, 5) is 24.1. The van der Waals surface area contributed by atoms with Gasteiger partial charge in [-0.25, -0.2) is 5.43 Å². The van der Waals surface area contributed by atoms with Crippen LogP contribution in [0.2, 0.25) is 0 Å². The quantitative estimate of drug-likeness (QED) is 0.691. The van der Waals surface area contributed by atoms with Gasteiger partial charge in [0.1, 0.15) is 17.1 Å². The van der Waals surface area contributed by atoms with Crippen molar-refractivity contribution in [2.75, 3.05) is 0 Å². The number of aryl methyl sites for hydroxylation is 1. The number of aromatic nitrogens is 1. The molecule has 0 fully saturated rings. The van der Waals surface area contributed by atoms with Crippen LogP contribution in [0.3, 0.4) is 0 Å². The standard InChI is InChI=1S/C15H17N3O3/c1-10(2)18-8-4-5-13(15(18)20)14(19)17-16-9-12-7-6-11(3)21-12/h4-10H,1-3H3,(H,17,19)/b16-9-. The van der Waals surface area contributed by atoms with E-state index in [-0.39, 0.29) is 17.2 Å². The molecule has 0 saturated carbocycles. The molecule has 6 nitrogen and oxygen atoms in total. The second kappa shape index (κ2) is 6.21. The van der Waals surface area contributed by atoms with Gasteiger partial charge in [0.05, 0.1) is 6.21 Å². The Morgan fingerprint density at radius 1 is 1.38 bits per heavy atom. The number of hydrogen-bond donors (Lipinski definition) is 1. The van der Waals surface area contributed by atoms with E-state index in [1.165, 1.54) is 16.8 Å². The number of amides is 1. The number of furan rings is 1. The van der Waals surface area contributed by atoms with Gasteiger partial charge >= 0.3 is 0 Å². The third kappa shape index (κ3) is 3.47. The smallest absolute Gasteiger partial charge is 0.276 e. The molecule has 6 heteroatoms. The van der Waals surface area contributed by atoms with E-state index in [0.29, 0.717) is 5.76 Å². The van der Waals surface area contributed by atoms with Gasteiger partial charge in [-0.05, 0) is 45.0 Å². The van der Waals surface area contributed by atoms with Crippen molar-refractivity contribution < 1.29 is 9.21 Å². The van der Waals surface area contributed by atoms with Gasteiger partial charge in [0, 0.05) is 12.2 Å². The number of carbonyl (C=O) groups is 1. The van der Waals surface area contributed by atoms with E-state index in [1.807, 2.05) is 20.8 Å². The van der Waals surface area contributed by atoms with Crippen molar-refractivity contribution >= 4 is 12.1 Å². The summed E-state index contributed by atoms with van der Waals surface area (Å²) in [7, 11) is 0. The zero-order chi connectivity index (χ0) is 15.4. The molecule has 110 valence electrons. The van der Waals surface area contributed by atoms with Crippen molar-refractivity contribution in [1.29, 1.82) is 0 Å². The van der Waals surface area contributed by atoms with Gasteiger partial charge in [0.25, 0.3) is 11.5 Å². The number of hydrogen-bond acceptors (Lipinski definition) is 4. The lowest BCUT2D eigenvalue weighted by Gasteiger charge is -2.10. The third-order valence-electron chi connectivity index (χ3n) is 2.89. The van der Waals surface area contributed by atoms with Gasteiger partial charge in [-0.3, -0.25) is 9.59 Å². The highest BCUT2D eigenvalue weighted by atomic mass is 16.3. The summed E-state index contributed by atoms with van der Waals surface area (Å²) in [5.41, 5.74) is 2.04. The fraction of sp³-hybridized carbons (Fsp3) is 0.267. The van der Waals surface area contributed by atoms with Crippen LogP contribution < -0.4 is 11.0 Å². The van der Waals surface area contributed by atoms with Crippen molar-refractivity contribution in [2.45, 2.75) is 26.8 Å². The molecule has 0 aliphatic carbocycles. The lowest BCUT2D eigenvalue weighted by atomic mass is 10.2. The maximum Gasteiger partial charge on any atom is 0.276 e. The van der Waals surface area contributed by atoms with E-state index in [4.69, 9.17) is 4.42 Å². The topological polar surface area (TPSA) is 76.6 Å².